The van der Waals surface area contributed by atoms with Crippen molar-refractivity contribution in [2.75, 3.05) is 7.11 Å². The number of carbonyl (C=O) groups excluding carboxylic acids is 2. The second-order valence-corrected chi connectivity index (χ2v) is 14.0. The molecule has 0 saturated heterocycles. The molecule has 4 nitrogen and oxygen atoms in total. The molecule has 2 atom stereocenters. The minimum atomic E-state index is 0.109. The fraction of sp³-hybridized carbons (Fsp3) is 0.550. The molecule has 2 aromatic rings. The molecule has 2 aromatic carbocycles. The van der Waals surface area contributed by atoms with Crippen LogP contribution in [0.25, 0.3) is 0 Å². The number of carbonyl (C=O) groups is 2. The fourth-order valence-corrected chi connectivity index (χ4v) is 7.99. The molecular weight excluding hydrogens is 544 g/mol. The molecule has 3 saturated carbocycles. The first kappa shape index (κ1) is 30.9. The van der Waals surface area contributed by atoms with Gasteiger partial charge in [0.2, 0.25) is 0 Å². The van der Waals surface area contributed by atoms with E-state index in [1.165, 1.54) is 49.7 Å². The molecule has 0 spiro atoms. The predicted octanol–water partition coefficient (Wildman–Crippen LogP) is 10.0. The van der Waals surface area contributed by atoms with Crippen molar-refractivity contribution in [2.24, 2.45) is 17.8 Å². The van der Waals surface area contributed by atoms with Crippen LogP contribution >= 0.6 is 0 Å². The van der Waals surface area contributed by atoms with E-state index in [2.05, 4.69) is 43.3 Å². The molecule has 234 valence electrons. The highest BCUT2D eigenvalue weighted by molar-refractivity contribution is 5.99. The third-order valence-electron chi connectivity index (χ3n) is 11.0. The van der Waals surface area contributed by atoms with E-state index in [-0.39, 0.29) is 11.6 Å². The maximum atomic E-state index is 13.6. The third-order valence-corrected chi connectivity index (χ3v) is 11.0. The average molecular weight is 595 g/mol. The SMILES string of the molecule is COc1cccc(C2CCC(c3ccc(C(=O)CCCCC4CCCC4C)cc3CC(=O)C3=COC(C4CC4)=CC3)CC2)c1. The Hall–Kier alpha value is -3.14. The van der Waals surface area contributed by atoms with E-state index in [0.29, 0.717) is 37.0 Å². The number of benzene rings is 2. The highest BCUT2D eigenvalue weighted by Gasteiger charge is 2.30. The number of unbranched alkanes of at least 4 members (excludes halogenated alkanes) is 1. The molecule has 0 bridgehead atoms. The zero-order valence-electron chi connectivity index (χ0n) is 26.8. The molecule has 6 rings (SSSR count). The predicted molar refractivity (Wildman–Crippen MR) is 176 cm³/mol. The molecule has 3 aliphatic carbocycles. The first-order valence-electron chi connectivity index (χ1n) is 17.4. The molecule has 0 aromatic heterocycles. The van der Waals surface area contributed by atoms with Crippen LogP contribution in [-0.4, -0.2) is 18.7 Å². The Labute approximate surface area is 264 Å². The minimum absolute atomic E-state index is 0.109. The fourth-order valence-electron chi connectivity index (χ4n) is 7.99. The molecule has 1 aliphatic heterocycles. The first-order chi connectivity index (χ1) is 21.5. The molecule has 0 amide bonds. The van der Waals surface area contributed by atoms with Crippen molar-refractivity contribution >= 4 is 11.6 Å². The van der Waals surface area contributed by atoms with Gasteiger partial charge in [-0.1, -0.05) is 63.3 Å². The molecule has 4 aliphatic rings. The van der Waals surface area contributed by atoms with Crippen LogP contribution in [0, 0.1) is 17.8 Å². The van der Waals surface area contributed by atoms with Crippen LogP contribution in [0.3, 0.4) is 0 Å². The van der Waals surface area contributed by atoms with Gasteiger partial charge in [0, 0.05) is 36.3 Å². The molecule has 4 heteroatoms. The van der Waals surface area contributed by atoms with Crippen molar-refractivity contribution in [3.63, 3.8) is 0 Å². The van der Waals surface area contributed by atoms with E-state index in [9.17, 15) is 9.59 Å². The van der Waals surface area contributed by atoms with E-state index in [1.807, 2.05) is 12.1 Å². The highest BCUT2D eigenvalue weighted by Crippen LogP contribution is 2.43. The molecule has 2 unspecified atom stereocenters. The zero-order chi connectivity index (χ0) is 30.5. The Kier molecular flexibility index (Phi) is 10.0. The molecule has 1 heterocycles. The van der Waals surface area contributed by atoms with Crippen LogP contribution in [0.2, 0.25) is 0 Å². The second-order valence-electron chi connectivity index (χ2n) is 14.0. The summed E-state index contributed by atoms with van der Waals surface area (Å²) in [5.74, 6) is 5.42. The smallest absolute Gasteiger partial charge is 0.166 e. The number of methoxy groups -OCH3 is 1. The van der Waals surface area contributed by atoms with Gasteiger partial charge in [-0.3, -0.25) is 9.59 Å². The van der Waals surface area contributed by atoms with E-state index in [4.69, 9.17) is 9.47 Å². The topological polar surface area (TPSA) is 52.6 Å². The summed E-state index contributed by atoms with van der Waals surface area (Å²) in [6.45, 7) is 2.39. The van der Waals surface area contributed by atoms with Gasteiger partial charge >= 0.3 is 0 Å². The summed E-state index contributed by atoms with van der Waals surface area (Å²) < 4.78 is 11.3. The standard InChI is InChI=1S/C40H50O4/c1-27-7-5-9-28(27)8-3-4-12-38(41)33-19-21-37(30-15-13-29(14-16-30)32-10-6-11-36(24-32)43-2)35(23-33)25-39(42)34-20-22-40(44-26-34)31-17-18-31/h6,10-11,19,21-24,26-31H,3-5,7-9,12-18,20,25H2,1-2H3. The van der Waals surface area contributed by atoms with Crippen molar-refractivity contribution in [1.29, 1.82) is 0 Å². The van der Waals surface area contributed by atoms with Gasteiger partial charge in [-0.15, -0.1) is 0 Å². The van der Waals surface area contributed by atoms with Crippen molar-refractivity contribution in [2.45, 2.75) is 115 Å². The largest absolute Gasteiger partial charge is 0.497 e. The van der Waals surface area contributed by atoms with E-state index >= 15 is 0 Å². The third kappa shape index (κ3) is 7.56. The Bertz CT molecular complexity index is 1390. The maximum Gasteiger partial charge on any atom is 0.166 e. The van der Waals surface area contributed by atoms with Crippen molar-refractivity contribution in [3.8, 4) is 5.75 Å². The number of hydrogen-bond donors (Lipinski definition) is 0. The van der Waals surface area contributed by atoms with E-state index in [1.54, 1.807) is 13.4 Å². The van der Waals surface area contributed by atoms with Gasteiger partial charge in [-0.05, 0) is 110 Å². The number of rotatable bonds is 13. The summed E-state index contributed by atoms with van der Waals surface area (Å²) in [6.07, 6.45) is 19.5. The van der Waals surface area contributed by atoms with Gasteiger partial charge < -0.3 is 9.47 Å². The Morgan fingerprint density at radius 3 is 2.36 bits per heavy atom. The highest BCUT2D eigenvalue weighted by atomic mass is 16.5. The average Bonchev–Trinajstić information content (AvgIpc) is 3.84. The van der Waals surface area contributed by atoms with Crippen molar-refractivity contribution < 1.29 is 19.1 Å². The summed E-state index contributed by atoms with van der Waals surface area (Å²) in [5, 5.41) is 0. The molecule has 0 N–H and O–H groups in total. The molecular formula is C40H50O4. The van der Waals surface area contributed by atoms with E-state index in [0.717, 1.165) is 78.6 Å². The number of ketones is 2. The molecule has 44 heavy (non-hydrogen) atoms. The van der Waals surface area contributed by atoms with Gasteiger partial charge in [0.1, 0.15) is 11.5 Å². The Morgan fingerprint density at radius 1 is 0.864 bits per heavy atom. The summed E-state index contributed by atoms with van der Waals surface area (Å²) >= 11 is 0. The Morgan fingerprint density at radius 2 is 1.66 bits per heavy atom. The zero-order valence-corrected chi connectivity index (χ0v) is 26.8. The first-order valence-corrected chi connectivity index (χ1v) is 17.4. The van der Waals surface area contributed by atoms with Gasteiger partial charge in [0.05, 0.1) is 13.4 Å². The number of allylic oxidation sites excluding steroid dienone is 3. The monoisotopic (exact) mass is 594 g/mol. The lowest BCUT2D eigenvalue weighted by atomic mass is 9.74. The number of hydrogen-bond acceptors (Lipinski definition) is 4. The van der Waals surface area contributed by atoms with Crippen molar-refractivity contribution in [3.05, 3.63) is 88.4 Å². The molecule has 0 radical (unpaired) electrons. The van der Waals surface area contributed by atoms with Crippen LogP contribution in [0.5, 0.6) is 5.75 Å². The van der Waals surface area contributed by atoms with Crippen LogP contribution < -0.4 is 4.74 Å². The normalized spacial score (nSPS) is 25.1. The quantitative estimate of drug-likeness (QED) is 0.171. The second kappa shape index (κ2) is 14.3. The minimum Gasteiger partial charge on any atom is -0.497 e. The van der Waals surface area contributed by atoms with E-state index < -0.39 is 0 Å². The number of ether oxygens (including phenoxy) is 2. The lowest BCUT2D eigenvalue weighted by Gasteiger charge is -2.30. The summed E-state index contributed by atoms with van der Waals surface area (Å²) in [6, 6.07) is 14.7. The van der Waals surface area contributed by atoms with Crippen molar-refractivity contribution in [1.82, 2.24) is 0 Å². The van der Waals surface area contributed by atoms with Gasteiger partial charge in [-0.2, -0.15) is 0 Å². The summed E-state index contributed by atoms with van der Waals surface area (Å²) in [5.41, 5.74) is 5.13. The maximum absolute atomic E-state index is 13.6. The van der Waals surface area contributed by atoms with Crippen LogP contribution in [-0.2, 0) is 16.0 Å². The summed E-state index contributed by atoms with van der Waals surface area (Å²) in [4.78, 5) is 26.9. The van der Waals surface area contributed by atoms with Crippen LogP contribution in [0.1, 0.15) is 136 Å². The number of Topliss-reactive ketones (excluding diaryl/α,β-unsaturated/α-hetero) is 2. The lowest BCUT2D eigenvalue weighted by Crippen LogP contribution is -2.17. The summed E-state index contributed by atoms with van der Waals surface area (Å²) in [7, 11) is 1.72. The lowest BCUT2D eigenvalue weighted by molar-refractivity contribution is -0.115. The van der Waals surface area contributed by atoms with Crippen LogP contribution in [0.4, 0.5) is 0 Å². The van der Waals surface area contributed by atoms with Gasteiger partial charge in [0.15, 0.2) is 11.6 Å². The Balaban J connectivity index is 1.13. The van der Waals surface area contributed by atoms with Gasteiger partial charge in [0.25, 0.3) is 0 Å². The van der Waals surface area contributed by atoms with Gasteiger partial charge in [-0.25, -0.2) is 0 Å². The molecule has 3 fully saturated rings. The van der Waals surface area contributed by atoms with Crippen LogP contribution in [0.15, 0.2) is 66.1 Å².